The van der Waals surface area contributed by atoms with Crippen molar-refractivity contribution in [2.24, 2.45) is 0 Å². The Bertz CT molecular complexity index is 858. The number of pyridine rings is 1. The normalized spacial score (nSPS) is 10.9. The summed E-state index contributed by atoms with van der Waals surface area (Å²) in [5.41, 5.74) is 2.65. The summed E-state index contributed by atoms with van der Waals surface area (Å²) < 4.78 is 27.8. The molecule has 0 saturated carbocycles. The predicted molar refractivity (Wildman–Crippen MR) is 78.6 cm³/mol. The van der Waals surface area contributed by atoms with E-state index in [-0.39, 0.29) is 18.0 Å². The number of nitrogens with one attached hydrogen (secondary N) is 1. The van der Waals surface area contributed by atoms with Crippen molar-refractivity contribution < 1.29 is 13.6 Å². The highest BCUT2D eigenvalue weighted by atomic mass is 19.2. The first-order valence-corrected chi connectivity index (χ1v) is 6.70. The van der Waals surface area contributed by atoms with Crippen molar-refractivity contribution in [3.8, 4) is 0 Å². The molecule has 2 heterocycles. The number of hydrogen-bond donors (Lipinski definition) is 1. The molecule has 22 heavy (non-hydrogen) atoms. The topological polar surface area (TPSA) is 46.4 Å². The van der Waals surface area contributed by atoms with Crippen LogP contribution >= 0.6 is 0 Å². The van der Waals surface area contributed by atoms with Crippen molar-refractivity contribution >= 4 is 17.2 Å². The van der Waals surface area contributed by atoms with Gasteiger partial charge in [-0.05, 0) is 36.8 Å². The molecule has 0 bridgehead atoms. The molecule has 0 saturated heterocycles. The smallest absolute Gasteiger partial charge is 0.230 e. The number of halogens is 2. The van der Waals surface area contributed by atoms with Gasteiger partial charge in [-0.2, -0.15) is 0 Å². The molecule has 0 aliphatic rings. The molecule has 3 rings (SSSR count). The quantitative estimate of drug-likeness (QED) is 0.808. The van der Waals surface area contributed by atoms with Gasteiger partial charge in [0.15, 0.2) is 11.6 Å². The van der Waals surface area contributed by atoms with Crippen LogP contribution in [0, 0.1) is 18.6 Å². The molecule has 112 valence electrons. The standard InChI is InChI=1S/C16H13F2N3O/c1-10-4-5-21-9-12(19-15(21)6-10)8-16(22)20-11-2-3-13(17)14(18)7-11/h2-7,9H,8H2,1H3,(H,20,22). The second-order valence-electron chi connectivity index (χ2n) is 5.06. The minimum Gasteiger partial charge on any atom is -0.326 e. The fourth-order valence-corrected chi connectivity index (χ4v) is 2.16. The fraction of sp³-hybridized carbons (Fsp3) is 0.125. The number of amides is 1. The monoisotopic (exact) mass is 301 g/mol. The van der Waals surface area contributed by atoms with Gasteiger partial charge in [0.1, 0.15) is 5.65 Å². The van der Waals surface area contributed by atoms with Crippen molar-refractivity contribution in [2.45, 2.75) is 13.3 Å². The third-order valence-corrected chi connectivity index (χ3v) is 3.21. The molecular formula is C16H13F2N3O. The maximum Gasteiger partial charge on any atom is 0.230 e. The minimum absolute atomic E-state index is 0.0553. The van der Waals surface area contributed by atoms with Crippen molar-refractivity contribution in [3.05, 3.63) is 65.6 Å². The van der Waals surface area contributed by atoms with Gasteiger partial charge in [0, 0.05) is 24.1 Å². The Kier molecular flexibility index (Phi) is 3.58. The van der Waals surface area contributed by atoms with Crippen LogP contribution in [0.3, 0.4) is 0 Å². The largest absolute Gasteiger partial charge is 0.326 e. The number of rotatable bonds is 3. The maximum atomic E-state index is 13.1. The van der Waals surface area contributed by atoms with E-state index in [0.717, 1.165) is 23.3 Å². The van der Waals surface area contributed by atoms with Gasteiger partial charge in [-0.1, -0.05) is 0 Å². The van der Waals surface area contributed by atoms with Crippen molar-refractivity contribution in [3.63, 3.8) is 0 Å². The van der Waals surface area contributed by atoms with E-state index in [2.05, 4.69) is 10.3 Å². The van der Waals surface area contributed by atoms with E-state index < -0.39 is 11.6 Å². The fourth-order valence-electron chi connectivity index (χ4n) is 2.16. The predicted octanol–water partition coefficient (Wildman–Crippen LogP) is 3.10. The lowest BCUT2D eigenvalue weighted by Gasteiger charge is -2.04. The summed E-state index contributed by atoms with van der Waals surface area (Å²) in [6.07, 6.45) is 3.69. The number of aryl methyl sites for hydroxylation is 1. The van der Waals surface area contributed by atoms with Gasteiger partial charge in [0.25, 0.3) is 0 Å². The molecule has 1 N–H and O–H groups in total. The van der Waals surface area contributed by atoms with E-state index in [9.17, 15) is 13.6 Å². The molecule has 0 unspecified atom stereocenters. The van der Waals surface area contributed by atoms with Crippen LogP contribution in [-0.2, 0) is 11.2 Å². The number of anilines is 1. The molecule has 0 radical (unpaired) electrons. The molecule has 0 spiro atoms. The van der Waals surface area contributed by atoms with Crippen LogP contribution in [0.25, 0.3) is 5.65 Å². The molecule has 4 nitrogen and oxygen atoms in total. The van der Waals surface area contributed by atoms with Crippen LogP contribution in [0.1, 0.15) is 11.3 Å². The Morgan fingerprint density at radius 1 is 1.23 bits per heavy atom. The third kappa shape index (κ3) is 2.95. The van der Waals surface area contributed by atoms with Crippen LogP contribution in [0.2, 0.25) is 0 Å². The third-order valence-electron chi connectivity index (χ3n) is 3.21. The molecule has 0 aliphatic carbocycles. The van der Waals surface area contributed by atoms with Crippen LogP contribution in [0.15, 0.2) is 42.7 Å². The molecule has 2 aromatic heterocycles. The zero-order chi connectivity index (χ0) is 15.7. The number of aromatic nitrogens is 2. The molecule has 3 aromatic rings. The van der Waals surface area contributed by atoms with Crippen LogP contribution < -0.4 is 5.32 Å². The van der Waals surface area contributed by atoms with Gasteiger partial charge < -0.3 is 9.72 Å². The highest BCUT2D eigenvalue weighted by Crippen LogP contribution is 2.14. The van der Waals surface area contributed by atoms with E-state index in [1.165, 1.54) is 6.07 Å². The zero-order valence-electron chi connectivity index (χ0n) is 11.8. The Morgan fingerprint density at radius 2 is 2.05 bits per heavy atom. The number of imidazole rings is 1. The van der Waals surface area contributed by atoms with Gasteiger partial charge in [0.05, 0.1) is 12.1 Å². The van der Waals surface area contributed by atoms with Crippen molar-refractivity contribution in [1.29, 1.82) is 0 Å². The molecule has 0 aliphatic heterocycles. The summed E-state index contributed by atoms with van der Waals surface area (Å²) in [5.74, 6) is -2.29. The van der Waals surface area contributed by atoms with Crippen LogP contribution in [0.5, 0.6) is 0 Å². The lowest BCUT2D eigenvalue weighted by Crippen LogP contribution is -2.14. The summed E-state index contributed by atoms with van der Waals surface area (Å²) >= 11 is 0. The first-order valence-electron chi connectivity index (χ1n) is 6.70. The van der Waals surface area contributed by atoms with Crippen LogP contribution in [-0.4, -0.2) is 15.3 Å². The highest BCUT2D eigenvalue weighted by molar-refractivity contribution is 5.92. The summed E-state index contributed by atoms with van der Waals surface area (Å²) in [7, 11) is 0. The summed E-state index contributed by atoms with van der Waals surface area (Å²) in [6, 6.07) is 7.08. The van der Waals surface area contributed by atoms with E-state index in [0.29, 0.717) is 5.69 Å². The van der Waals surface area contributed by atoms with Crippen molar-refractivity contribution in [2.75, 3.05) is 5.32 Å². The number of benzene rings is 1. The average Bonchev–Trinajstić information content (AvgIpc) is 2.84. The second-order valence-corrected chi connectivity index (χ2v) is 5.06. The number of carbonyl (C=O) groups is 1. The van der Waals surface area contributed by atoms with Gasteiger partial charge >= 0.3 is 0 Å². The second kappa shape index (κ2) is 5.55. The van der Waals surface area contributed by atoms with E-state index in [1.807, 2.05) is 29.7 Å². The number of carbonyl (C=O) groups excluding carboxylic acids is 1. The van der Waals surface area contributed by atoms with Gasteiger partial charge in [0.2, 0.25) is 5.91 Å². The first-order chi connectivity index (χ1) is 10.5. The molecule has 0 fully saturated rings. The number of hydrogen-bond acceptors (Lipinski definition) is 2. The van der Waals surface area contributed by atoms with Gasteiger partial charge in [-0.3, -0.25) is 4.79 Å². The summed E-state index contributed by atoms with van der Waals surface area (Å²) in [4.78, 5) is 16.3. The summed E-state index contributed by atoms with van der Waals surface area (Å²) in [6.45, 7) is 1.96. The molecule has 1 aromatic carbocycles. The van der Waals surface area contributed by atoms with E-state index in [1.54, 1.807) is 6.20 Å². The molecule has 0 atom stereocenters. The number of nitrogens with zero attached hydrogens (tertiary/aromatic N) is 2. The summed E-state index contributed by atoms with van der Waals surface area (Å²) in [5, 5.41) is 2.52. The first kappa shape index (κ1) is 14.2. The minimum atomic E-state index is -0.999. The SMILES string of the molecule is Cc1ccn2cc(CC(=O)Nc3ccc(F)c(F)c3)nc2c1. The Balaban J connectivity index is 1.73. The highest BCUT2D eigenvalue weighted by Gasteiger charge is 2.10. The van der Waals surface area contributed by atoms with Crippen molar-refractivity contribution in [1.82, 2.24) is 9.38 Å². The Hall–Kier alpha value is -2.76. The molecule has 1 amide bonds. The number of fused-ring (bicyclic) bond motifs is 1. The Labute approximate surface area is 125 Å². The maximum absolute atomic E-state index is 13.1. The van der Waals surface area contributed by atoms with E-state index in [4.69, 9.17) is 0 Å². The van der Waals surface area contributed by atoms with Crippen LogP contribution in [0.4, 0.5) is 14.5 Å². The average molecular weight is 301 g/mol. The zero-order valence-corrected chi connectivity index (χ0v) is 11.8. The Morgan fingerprint density at radius 3 is 2.82 bits per heavy atom. The van der Waals surface area contributed by atoms with E-state index >= 15 is 0 Å². The lowest BCUT2D eigenvalue weighted by atomic mass is 10.2. The van der Waals surface area contributed by atoms with Gasteiger partial charge in [-0.15, -0.1) is 0 Å². The lowest BCUT2D eigenvalue weighted by molar-refractivity contribution is -0.115. The van der Waals surface area contributed by atoms with Gasteiger partial charge in [-0.25, -0.2) is 13.8 Å². The molecule has 6 heteroatoms. The molecular weight excluding hydrogens is 288 g/mol.